The average molecular weight is 314 g/mol. The first-order valence-electron chi connectivity index (χ1n) is 7.50. The summed E-state index contributed by atoms with van der Waals surface area (Å²) in [5.41, 5.74) is 6.76. The molecule has 2 rings (SSSR count). The van der Waals surface area contributed by atoms with Crippen LogP contribution in [0.4, 0.5) is 0 Å². The van der Waals surface area contributed by atoms with Crippen molar-refractivity contribution >= 4 is 10.3 Å². The second-order valence-electron chi connectivity index (χ2n) is 5.31. The van der Waals surface area contributed by atoms with E-state index >= 15 is 0 Å². The molecule has 1 aromatic carbocycles. The van der Waals surface area contributed by atoms with Crippen molar-refractivity contribution in [3.8, 4) is 0 Å². The predicted octanol–water partition coefficient (Wildman–Crippen LogP) is 2.29. The molecule has 0 unspecified atom stereocenters. The van der Waals surface area contributed by atoms with Gasteiger partial charge >= 0.3 is 10.3 Å². The molecule has 0 bridgehead atoms. The summed E-state index contributed by atoms with van der Waals surface area (Å²) in [6, 6.07) is 10.4. The van der Waals surface area contributed by atoms with Gasteiger partial charge in [-0.1, -0.05) is 49.6 Å². The highest BCUT2D eigenvalue weighted by Crippen LogP contribution is 2.17. The lowest BCUT2D eigenvalue weighted by atomic mass is 9.96. The number of hydrogen-bond acceptors (Lipinski definition) is 3. The van der Waals surface area contributed by atoms with Gasteiger partial charge in [0.2, 0.25) is 0 Å². The van der Waals surface area contributed by atoms with Crippen LogP contribution < -0.4 is 10.5 Å². The summed E-state index contributed by atoms with van der Waals surface area (Å²) in [5, 5.41) is 0. The summed E-state index contributed by atoms with van der Waals surface area (Å²) in [6.45, 7) is 0.787. The van der Waals surface area contributed by atoms with E-state index in [2.05, 4.69) is 29.0 Å². The van der Waals surface area contributed by atoms with Gasteiger partial charge in [0, 0.05) is 6.04 Å². The van der Waals surface area contributed by atoms with Gasteiger partial charge in [0.25, 0.3) is 0 Å². The molecule has 0 aliphatic heterocycles. The highest BCUT2D eigenvalue weighted by Gasteiger charge is 2.17. The van der Waals surface area contributed by atoms with E-state index in [0.717, 1.165) is 45.1 Å². The highest BCUT2D eigenvalue weighted by molar-refractivity contribution is 7.83. The largest absolute Gasteiger partial charge is 0.333 e. The topological polar surface area (TPSA) is 92.4 Å². The van der Waals surface area contributed by atoms with Crippen molar-refractivity contribution in [1.82, 2.24) is 4.72 Å². The number of hydrogen-bond donors (Lipinski definition) is 3. The van der Waals surface area contributed by atoms with Crippen molar-refractivity contribution in [3.05, 3.63) is 35.9 Å². The number of rotatable bonds is 5. The Morgan fingerprint density at radius 2 is 1.76 bits per heavy atom. The molecule has 21 heavy (non-hydrogen) atoms. The van der Waals surface area contributed by atoms with Crippen LogP contribution in [-0.4, -0.2) is 25.6 Å². The van der Waals surface area contributed by atoms with Gasteiger partial charge in [-0.05, 0) is 37.8 Å². The zero-order valence-electron chi connectivity index (χ0n) is 12.4. The second-order valence-corrected chi connectivity index (χ2v) is 6.49. The molecule has 120 valence electrons. The third-order valence-corrected chi connectivity index (χ3v) is 4.06. The Balaban J connectivity index is 0.000000211. The zero-order chi connectivity index (χ0) is 15.6. The summed E-state index contributed by atoms with van der Waals surface area (Å²) in [4.78, 5) is 0. The Bertz CT molecular complexity index is 471. The van der Waals surface area contributed by atoms with E-state index in [1.54, 1.807) is 0 Å². The zero-order valence-corrected chi connectivity index (χ0v) is 13.2. The van der Waals surface area contributed by atoms with Gasteiger partial charge in [-0.2, -0.15) is 13.1 Å². The maximum absolute atomic E-state index is 10.3. The van der Waals surface area contributed by atoms with Crippen LogP contribution in [0.5, 0.6) is 0 Å². The molecule has 6 heteroatoms. The molecular weight excluding hydrogens is 288 g/mol. The Hall–Kier alpha value is -0.950. The molecule has 1 fully saturated rings. The van der Waals surface area contributed by atoms with Gasteiger partial charge in [0.1, 0.15) is 0 Å². The molecule has 0 amide bonds. The molecule has 0 saturated heterocycles. The SMILES string of the molecule is NCCCc1ccccc1.O=S(=O)(O)NC1CCCCC1. The minimum atomic E-state index is -3.97. The Morgan fingerprint density at radius 1 is 1.14 bits per heavy atom. The maximum Gasteiger partial charge on any atom is 0.333 e. The summed E-state index contributed by atoms with van der Waals surface area (Å²) in [6.07, 6.45) is 7.16. The fraction of sp³-hybridized carbons (Fsp3) is 0.600. The van der Waals surface area contributed by atoms with Crippen molar-refractivity contribution in [2.24, 2.45) is 5.73 Å². The molecule has 1 saturated carbocycles. The van der Waals surface area contributed by atoms with Crippen molar-refractivity contribution < 1.29 is 13.0 Å². The Morgan fingerprint density at radius 3 is 2.29 bits per heavy atom. The molecule has 1 aliphatic carbocycles. The monoisotopic (exact) mass is 314 g/mol. The third-order valence-electron chi connectivity index (χ3n) is 3.43. The van der Waals surface area contributed by atoms with Crippen LogP contribution in [0.1, 0.15) is 44.1 Å². The smallest absolute Gasteiger partial charge is 0.330 e. The molecule has 1 aromatic rings. The standard InChI is InChI=1S/C9H13N.C6H13NO3S/c10-8-4-7-9-5-2-1-3-6-9;8-11(9,10)7-6-4-2-1-3-5-6/h1-3,5-6H,4,7-8,10H2;6-7H,1-5H2,(H,8,9,10). The van der Waals surface area contributed by atoms with Gasteiger partial charge in [-0.15, -0.1) is 0 Å². The van der Waals surface area contributed by atoms with Crippen LogP contribution in [0.25, 0.3) is 0 Å². The van der Waals surface area contributed by atoms with Crippen LogP contribution in [0.2, 0.25) is 0 Å². The van der Waals surface area contributed by atoms with Gasteiger partial charge in [0.05, 0.1) is 0 Å². The second kappa shape index (κ2) is 9.89. The van der Waals surface area contributed by atoms with Crippen molar-refractivity contribution in [3.63, 3.8) is 0 Å². The van der Waals surface area contributed by atoms with Gasteiger partial charge in [0.15, 0.2) is 0 Å². The molecular formula is C15H26N2O3S. The summed E-state index contributed by atoms with van der Waals surface area (Å²) in [5.74, 6) is 0. The van der Waals surface area contributed by atoms with E-state index < -0.39 is 10.3 Å². The first-order valence-corrected chi connectivity index (χ1v) is 8.94. The van der Waals surface area contributed by atoms with Crippen molar-refractivity contribution in [2.45, 2.75) is 51.0 Å². The average Bonchev–Trinajstić information content (AvgIpc) is 2.46. The van der Waals surface area contributed by atoms with Crippen LogP contribution in [0, 0.1) is 0 Å². The number of aryl methyl sites for hydroxylation is 1. The van der Waals surface area contributed by atoms with Crippen LogP contribution in [0.15, 0.2) is 30.3 Å². The normalized spacial score (nSPS) is 16.1. The van der Waals surface area contributed by atoms with E-state index in [4.69, 9.17) is 10.3 Å². The lowest BCUT2D eigenvalue weighted by molar-refractivity contribution is 0.389. The van der Waals surface area contributed by atoms with E-state index in [-0.39, 0.29) is 6.04 Å². The number of nitrogens with one attached hydrogen (secondary N) is 1. The fourth-order valence-electron chi connectivity index (χ4n) is 2.38. The fourth-order valence-corrected chi connectivity index (χ4v) is 3.04. The Kier molecular flexibility index (Phi) is 8.52. The first-order chi connectivity index (χ1) is 10.0. The molecule has 4 N–H and O–H groups in total. The summed E-state index contributed by atoms with van der Waals surface area (Å²) in [7, 11) is -3.97. The predicted molar refractivity (Wildman–Crippen MR) is 85.4 cm³/mol. The third kappa shape index (κ3) is 9.57. The van der Waals surface area contributed by atoms with E-state index in [9.17, 15) is 8.42 Å². The van der Waals surface area contributed by atoms with E-state index in [1.807, 2.05) is 6.07 Å². The highest BCUT2D eigenvalue weighted by atomic mass is 32.2. The molecule has 0 spiro atoms. The van der Waals surface area contributed by atoms with Crippen molar-refractivity contribution in [1.29, 1.82) is 0 Å². The minimum absolute atomic E-state index is 0.0428. The lowest BCUT2D eigenvalue weighted by Crippen LogP contribution is -2.35. The van der Waals surface area contributed by atoms with Crippen LogP contribution >= 0.6 is 0 Å². The quantitative estimate of drug-likeness (QED) is 0.727. The van der Waals surface area contributed by atoms with Gasteiger partial charge in [-0.25, -0.2) is 0 Å². The molecule has 0 atom stereocenters. The molecule has 1 aliphatic rings. The molecule has 5 nitrogen and oxygen atoms in total. The van der Waals surface area contributed by atoms with E-state index in [1.165, 1.54) is 12.0 Å². The molecule has 0 aromatic heterocycles. The maximum atomic E-state index is 10.3. The lowest BCUT2D eigenvalue weighted by Gasteiger charge is -2.20. The molecule has 0 heterocycles. The van der Waals surface area contributed by atoms with Crippen molar-refractivity contribution in [2.75, 3.05) is 6.54 Å². The number of nitrogens with two attached hydrogens (primary N) is 1. The summed E-state index contributed by atoms with van der Waals surface area (Å²) < 4.78 is 31.3. The van der Waals surface area contributed by atoms with Gasteiger partial charge < -0.3 is 5.73 Å². The van der Waals surface area contributed by atoms with Crippen LogP contribution in [0.3, 0.4) is 0 Å². The first kappa shape index (κ1) is 18.1. The summed E-state index contributed by atoms with van der Waals surface area (Å²) >= 11 is 0. The van der Waals surface area contributed by atoms with Gasteiger partial charge in [-0.3, -0.25) is 4.55 Å². The Labute approximate surface area is 127 Å². The number of benzene rings is 1. The van der Waals surface area contributed by atoms with E-state index in [0.29, 0.717) is 0 Å². The molecule has 0 radical (unpaired) electrons. The van der Waals surface area contributed by atoms with Crippen LogP contribution in [-0.2, 0) is 16.7 Å². The minimum Gasteiger partial charge on any atom is -0.330 e.